The Hall–Kier alpha value is -2.12. The fraction of sp³-hybridized carbons (Fsp3) is 0.458. The monoisotopic (exact) mass is 454 g/mol. The van der Waals surface area contributed by atoms with E-state index in [-0.39, 0.29) is 5.78 Å². The molecule has 2 aliphatic rings. The van der Waals surface area contributed by atoms with Crippen molar-refractivity contribution in [3.8, 4) is 11.5 Å². The van der Waals surface area contributed by atoms with Gasteiger partial charge >= 0.3 is 0 Å². The number of fused-ring (bicyclic) bond motifs is 2. The lowest BCUT2D eigenvalue weighted by Crippen LogP contribution is -2.16. The molecule has 1 saturated carbocycles. The van der Waals surface area contributed by atoms with Crippen molar-refractivity contribution in [2.75, 3.05) is 19.0 Å². The molecule has 0 bridgehead atoms. The number of thioether (sulfide) groups is 1. The van der Waals surface area contributed by atoms with Gasteiger partial charge in [0.2, 0.25) is 0 Å². The summed E-state index contributed by atoms with van der Waals surface area (Å²) in [7, 11) is 0. The lowest BCUT2D eigenvalue weighted by molar-refractivity contribution is 0.102. The summed E-state index contributed by atoms with van der Waals surface area (Å²) in [5, 5.41) is 2.06. The molecule has 31 heavy (non-hydrogen) atoms. The average Bonchev–Trinajstić information content (AvgIpc) is 3.10. The number of carbonyl (C=O) groups is 1. The number of ether oxygens (including phenoxy) is 2. The van der Waals surface area contributed by atoms with Gasteiger partial charge in [0.05, 0.1) is 5.75 Å². The third kappa shape index (κ3) is 4.17. The zero-order valence-corrected chi connectivity index (χ0v) is 19.5. The fourth-order valence-corrected chi connectivity index (χ4v) is 6.40. The molecule has 0 saturated heterocycles. The largest absolute Gasteiger partial charge is 0.486 e. The summed E-state index contributed by atoms with van der Waals surface area (Å²) in [6.45, 7) is 5.32. The van der Waals surface area contributed by atoms with Crippen LogP contribution in [0.2, 0.25) is 0 Å². The van der Waals surface area contributed by atoms with Crippen molar-refractivity contribution in [2.24, 2.45) is 0 Å². The van der Waals surface area contributed by atoms with E-state index in [4.69, 9.17) is 19.4 Å². The van der Waals surface area contributed by atoms with Gasteiger partial charge in [-0.2, -0.15) is 0 Å². The molecule has 0 spiro atoms. The Morgan fingerprint density at radius 1 is 1.10 bits per heavy atom. The van der Waals surface area contributed by atoms with Crippen molar-refractivity contribution in [2.45, 2.75) is 56.9 Å². The van der Waals surface area contributed by atoms with Crippen LogP contribution < -0.4 is 9.47 Å². The minimum atomic E-state index is 0.0672. The molecule has 3 aromatic rings. The van der Waals surface area contributed by atoms with Gasteiger partial charge < -0.3 is 9.47 Å². The number of rotatable bonds is 5. The van der Waals surface area contributed by atoms with Crippen LogP contribution >= 0.6 is 23.1 Å². The predicted octanol–water partition coefficient (Wildman–Crippen LogP) is 6.10. The van der Waals surface area contributed by atoms with Crippen LogP contribution in [0.5, 0.6) is 11.5 Å². The highest BCUT2D eigenvalue weighted by molar-refractivity contribution is 8.00. The third-order valence-electron chi connectivity index (χ3n) is 6.19. The summed E-state index contributed by atoms with van der Waals surface area (Å²) in [5.41, 5.74) is 1.87. The van der Waals surface area contributed by atoms with Crippen molar-refractivity contribution in [3.63, 3.8) is 0 Å². The van der Waals surface area contributed by atoms with E-state index in [0.717, 1.165) is 33.9 Å². The molecule has 0 N–H and O–H groups in total. The van der Waals surface area contributed by atoms with Crippen molar-refractivity contribution < 1.29 is 14.3 Å². The molecule has 0 amide bonds. The third-order valence-corrected chi connectivity index (χ3v) is 8.26. The highest BCUT2D eigenvalue weighted by Crippen LogP contribution is 2.39. The quantitative estimate of drug-likeness (QED) is 0.264. The van der Waals surface area contributed by atoms with Crippen LogP contribution in [0.1, 0.15) is 64.6 Å². The summed E-state index contributed by atoms with van der Waals surface area (Å²) < 4.78 is 11.2. The zero-order chi connectivity index (χ0) is 21.4. The molecule has 5 nitrogen and oxygen atoms in total. The van der Waals surface area contributed by atoms with E-state index in [1.807, 2.05) is 12.1 Å². The van der Waals surface area contributed by atoms with Crippen LogP contribution in [-0.2, 0) is 0 Å². The number of Topliss-reactive ketones (excluding diaryl/α,β-unsaturated/α-hetero) is 1. The molecule has 7 heteroatoms. The minimum Gasteiger partial charge on any atom is -0.486 e. The smallest absolute Gasteiger partial charge is 0.173 e. The maximum Gasteiger partial charge on any atom is 0.173 e. The van der Waals surface area contributed by atoms with Gasteiger partial charge in [0.15, 0.2) is 17.3 Å². The Morgan fingerprint density at radius 2 is 1.87 bits per heavy atom. The Labute approximate surface area is 190 Å². The van der Waals surface area contributed by atoms with Gasteiger partial charge in [0.1, 0.15) is 28.9 Å². The number of aromatic nitrogens is 2. The Morgan fingerprint density at radius 3 is 2.68 bits per heavy atom. The first-order valence-corrected chi connectivity index (χ1v) is 12.7. The van der Waals surface area contributed by atoms with Gasteiger partial charge in [-0.3, -0.25) is 4.79 Å². The molecule has 0 atom stereocenters. The van der Waals surface area contributed by atoms with E-state index in [9.17, 15) is 4.79 Å². The SMILES string of the molecule is Cc1sc2nc(C3CCCCC3)nc(SCC(=O)c3ccc4c(c3)OCCO4)c2c1C. The second-order valence-corrected chi connectivity index (χ2v) is 10.4. The second kappa shape index (κ2) is 8.79. The van der Waals surface area contributed by atoms with Crippen LogP contribution in [0, 0.1) is 13.8 Å². The van der Waals surface area contributed by atoms with Crippen molar-refractivity contribution >= 4 is 39.1 Å². The minimum absolute atomic E-state index is 0.0672. The Kier molecular flexibility index (Phi) is 5.89. The molecule has 1 aliphatic carbocycles. The van der Waals surface area contributed by atoms with Gasteiger partial charge in [-0.25, -0.2) is 9.97 Å². The molecular formula is C24H26N2O3S2. The number of nitrogens with zero attached hydrogens (tertiary/aromatic N) is 2. The molecule has 162 valence electrons. The second-order valence-electron chi connectivity index (χ2n) is 8.26. The first-order valence-electron chi connectivity index (χ1n) is 10.9. The first kappa shape index (κ1) is 20.8. The molecule has 3 heterocycles. The molecule has 5 rings (SSSR count). The van der Waals surface area contributed by atoms with Crippen molar-refractivity contribution in [3.05, 3.63) is 40.0 Å². The maximum atomic E-state index is 13.0. The highest BCUT2D eigenvalue weighted by atomic mass is 32.2. The number of aryl methyl sites for hydroxylation is 2. The van der Waals surface area contributed by atoms with Gasteiger partial charge in [-0.05, 0) is 50.5 Å². The molecule has 2 aromatic heterocycles. The average molecular weight is 455 g/mol. The van der Waals surface area contributed by atoms with Gasteiger partial charge in [0, 0.05) is 21.7 Å². The van der Waals surface area contributed by atoms with Gasteiger partial charge in [-0.1, -0.05) is 31.0 Å². The summed E-state index contributed by atoms with van der Waals surface area (Å²) in [6.07, 6.45) is 6.13. The normalized spacial score (nSPS) is 16.6. The van der Waals surface area contributed by atoms with Crippen LogP contribution in [0.3, 0.4) is 0 Å². The molecular weight excluding hydrogens is 428 g/mol. The number of hydrogen-bond acceptors (Lipinski definition) is 7. The molecule has 1 aliphatic heterocycles. The van der Waals surface area contributed by atoms with E-state index in [0.29, 0.717) is 41.9 Å². The van der Waals surface area contributed by atoms with Crippen LogP contribution in [0.25, 0.3) is 10.2 Å². The summed E-state index contributed by atoms with van der Waals surface area (Å²) in [5.74, 6) is 3.16. The van der Waals surface area contributed by atoms with Crippen molar-refractivity contribution in [1.82, 2.24) is 9.97 Å². The topological polar surface area (TPSA) is 61.3 Å². The lowest BCUT2D eigenvalue weighted by atomic mass is 9.89. The summed E-state index contributed by atoms with van der Waals surface area (Å²) in [4.78, 5) is 25.2. The molecule has 0 unspecified atom stereocenters. The number of carbonyl (C=O) groups excluding carboxylic acids is 1. The number of hydrogen-bond donors (Lipinski definition) is 0. The van der Waals surface area contributed by atoms with E-state index in [2.05, 4.69) is 13.8 Å². The van der Waals surface area contributed by atoms with Crippen LogP contribution in [0.15, 0.2) is 23.2 Å². The molecule has 1 aromatic carbocycles. The summed E-state index contributed by atoms with van der Waals surface area (Å²) >= 11 is 3.27. The zero-order valence-electron chi connectivity index (χ0n) is 17.9. The number of benzene rings is 1. The van der Waals surface area contributed by atoms with Crippen LogP contribution in [0.4, 0.5) is 0 Å². The number of thiophene rings is 1. The Balaban J connectivity index is 1.41. The van der Waals surface area contributed by atoms with E-state index in [1.165, 1.54) is 41.5 Å². The highest BCUT2D eigenvalue weighted by Gasteiger charge is 2.23. The van der Waals surface area contributed by atoms with E-state index >= 15 is 0 Å². The summed E-state index contributed by atoms with van der Waals surface area (Å²) in [6, 6.07) is 5.43. The fourth-order valence-electron chi connectivity index (χ4n) is 4.31. The van der Waals surface area contributed by atoms with E-state index in [1.54, 1.807) is 17.4 Å². The lowest BCUT2D eigenvalue weighted by Gasteiger charge is -2.20. The predicted molar refractivity (Wildman–Crippen MR) is 125 cm³/mol. The number of ketones is 1. The Bertz CT molecular complexity index is 1140. The maximum absolute atomic E-state index is 13.0. The van der Waals surface area contributed by atoms with Crippen molar-refractivity contribution in [1.29, 1.82) is 0 Å². The molecule has 1 fully saturated rings. The first-order chi connectivity index (χ1) is 15.1. The van der Waals surface area contributed by atoms with Gasteiger partial charge in [0.25, 0.3) is 0 Å². The van der Waals surface area contributed by atoms with Crippen LogP contribution in [-0.4, -0.2) is 34.7 Å². The van der Waals surface area contributed by atoms with Gasteiger partial charge in [-0.15, -0.1) is 11.3 Å². The van der Waals surface area contributed by atoms with E-state index < -0.39 is 0 Å². The molecule has 0 radical (unpaired) electrons. The standard InChI is InChI=1S/C24H26N2O3S2/c1-14-15(2)31-24-21(14)23(25-22(26-24)16-6-4-3-5-7-16)30-13-18(27)17-8-9-19-20(12-17)29-11-10-28-19/h8-9,12,16H,3-7,10-11,13H2,1-2H3.